The molecule has 88 valence electrons. The minimum atomic E-state index is -0.472. The van der Waals surface area contributed by atoms with Crippen molar-refractivity contribution in [2.24, 2.45) is 0 Å². The van der Waals surface area contributed by atoms with Gasteiger partial charge in [0.2, 0.25) is 6.29 Å². The van der Waals surface area contributed by atoms with Crippen molar-refractivity contribution in [3.8, 4) is 5.75 Å². The van der Waals surface area contributed by atoms with Gasteiger partial charge >= 0.3 is 5.97 Å². The predicted octanol–water partition coefficient (Wildman–Crippen LogP) is 3.14. The van der Waals surface area contributed by atoms with Crippen LogP contribution in [0.1, 0.15) is 33.1 Å². The zero-order chi connectivity index (χ0) is 11.8. The third-order valence-electron chi connectivity index (χ3n) is 2.10. The summed E-state index contributed by atoms with van der Waals surface area (Å²) >= 11 is 0. The van der Waals surface area contributed by atoms with Gasteiger partial charge in [0.05, 0.1) is 0 Å². The summed E-state index contributed by atoms with van der Waals surface area (Å²) in [6, 6.07) is 9.39. The summed E-state index contributed by atoms with van der Waals surface area (Å²) in [5.41, 5.74) is 0. The van der Waals surface area contributed by atoms with Crippen LogP contribution in [-0.2, 0) is 9.53 Å². The lowest BCUT2D eigenvalue weighted by Gasteiger charge is -2.18. The molecule has 0 radical (unpaired) electrons. The van der Waals surface area contributed by atoms with Crippen LogP contribution in [0.4, 0.5) is 0 Å². The molecule has 1 aromatic rings. The Morgan fingerprint density at radius 3 is 2.56 bits per heavy atom. The second kappa shape index (κ2) is 6.88. The van der Waals surface area contributed by atoms with Gasteiger partial charge in [0.1, 0.15) is 5.75 Å². The van der Waals surface area contributed by atoms with Gasteiger partial charge in [-0.15, -0.1) is 0 Å². The van der Waals surface area contributed by atoms with Gasteiger partial charge in [-0.3, -0.25) is 4.79 Å². The first kappa shape index (κ1) is 12.6. The molecule has 3 heteroatoms. The smallest absolute Gasteiger partial charge is 0.305 e. The normalized spacial score (nSPS) is 11.9. The van der Waals surface area contributed by atoms with E-state index >= 15 is 0 Å². The lowest BCUT2D eigenvalue weighted by Crippen LogP contribution is -2.23. The van der Waals surface area contributed by atoms with Crippen LogP contribution in [0.2, 0.25) is 0 Å². The number of rotatable bonds is 6. The van der Waals surface area contributed by atoms with Crippen molar-refractivity contribution < 1.29 is 14.3 Å². The molecule has 0 fully saturated rings. The maximum Gasteiger partial charge on any atom is 0.305 e. The van der Waals surface area contributed by atoms with Crippen molar-refractivity contribution in [1.82, 2.24) is 0 Å². The standard InChI is InChI=1S/C13H18O3/c1-3-4-10-13(15-11(2)14)16-12-8-6-5-7-9-12/h5-9,13H,3-4,10H2,1-2H3. The van der Waals surface area contributed by atoms with Gasteiger partial charge in [0.25, 0.3) is 0 Å². The lowest BCUT2D eigenvalue weighted by molar-refractivity contribution is -0.161. The van der Waals surface area contributed by atoms with Crippen molar-refractivity contribution in [3.05, 3.63) is 30.3 Å². The first-order valence-electron chi connectivity index (χ1n) is 5.61. The summed E-state index contributed by atoms with van der Waals surface area (Å²) in [4.78, 5) is 10.9. The summed E-state index contributed by atoms with van der Waals surface area (Å²) in [6.07, 6.45) is 2.28. The van der Waals surface area contributed by atoms with E-state index in [1.54, 1.807) is 0 Å². The second-order valence-corrected chi connectivity index (χ2v) is 3.61. The zero-order valence-electron chi connectivity index (χ0n) is 9.81. The summed E-state index contributed by atoms with van der Waals surface area (Å²) in [6.45, 7) is 3.49. The Labute approximate surface area is 96.4 Å². The Bertz CT molecular complexity index is 308. The summed E-state index contributed by atoms with van der Waals surface area (Å²) in [7, 11) is 0. The van der Waals surface area contributed by atoms with Crippen LogP contribution in [0.15, 0.2) is 30.3 Å². The molecule has 0 saturated carbocycles. The molecule has 3 nitrogen and oxygen atoms in total. The molecule has 0 saturated heterocycles. The average molecular weight is 222 g/mol. The highest BCUT2D eigenvalue weighted by molar-refractivity contribution is 5.66. The number of carbonyl (C=O) groups excluding carboxylic acids is 1. The van der Waals surface area contributed by atoms with Crippen molar-refractivity contribution >= 4 is 5.97 Å². The van der Waals surface area contributed by atoms with E-state index in [1.807, 2.05) is 30.3 Å². The molecule has 1 aromatic carbocycles. The SMILES string of the molecule is CCCCC(OC(C)=O)Oc1ccccc1. The Kier molecular flexibility index (Phi) is 5.40. The number of para-hydroxylation sites is 1. The molecule has 0 spiro atoms. The maximum absolute atomic E-state index is 10.9. The van der Waals surface area contributed by atoms with Crippen LogP contribution >= 0.6 is 0 Å². The number of ether oxygens (including phenoxy) is 2. The highest BCUT2D eigenvalue weighted by atomic mass is 16.7. The van der Waals surface area contributed by atoms with Gasteiger partial charge in [-0.1, -0.05) is 31.5 Å². The van der Waals surface area contributed by atoms with E-state index in [-0.39, 0.29) is 5.97 Å². The van der Waals surface area contributed by atoms with Gasteiger partial charge in [-0.25, -0.2) is 0 Å². The number of carbonyl (C=O) groups is 1. The van der Waals surface area contributed by atoms with E-state index in [1.165, 1.54) is 6.92 Å². The molecule has 0 N–H and O–H groups in total. The Balaban J connectivity index is 2.52. The minimum absolute atomic E-state index is 0.308. The van der Waals surface area contributed by atoms with E-state index in [4.69, 9.17) is 9.47 Å². The first-order chi connectivity index (χ1) is 7.72. The molecule has 0 aromatic heterocycles. The fourth-order valence-electron chi connectivity index (χ4n) is 1.35. The monoisotopic (exact) mass is 222 g/mol. The number of hydrogen-bond acceptors (Lipinski definition) is 3. The molecular weight excluding hydrogens is 204 g/mol. The minimum Gasteiger partial charge on any atom is -0.455 e. The summed E-state index contributed by atoms with van der Waals surface area (Å²) in [5, 5.41) is 0. The Morgan fingerprint density at radius 2 is 2.00 bits per heavy atom. The number of benzene rings is 1. The highest BCUT2D eigenvalue weighted by Gasteiger charge is 2.12. The van der Waals surface area contributed by atoms with E-state index in [0.717, 1.165) is 25.0 Å². The highest BCUT2D eigenvalue weighted by Crippen LogP contribution is 2.15. The average Bonchev–Trinajstić information content (AvgIpc) is 2.26. The fraction of sp³-hybridized carbons (Fsp3) is 0.462. The van der Waals surface area contributed by atoms with Gasteiger partial charge in [-0.05, 0) is 18.6 Å². The van der Waals surface area contributed by atoms with Gasteiger partial charge in [-0.2, -0.15) is 0 Å². The molecule has 0 aliphatic heterocycles. The summed E-state index contributed by atoms with van der Waals surface area (Å²) < 4.78 is 10.7. The molecule has 0 aliphatic carbocycles. The first-order valence-corrected chi connectivity index (χ1v) is 5.61. The van der Waals surface area contributed by atoms with Crippen molar-refractivity contribution in [2.45, 2.75) is 39.4 Å². The van der Waals surface area contributed by atoms with Gasteiger partial charge in [0, 0.05) is 13.3 Å². The maximum atomic E-state index is 10.9. The molecule has 16 heavy (non-hydrogen) atoms. The quantitative estimate of drug-likeness (QED) is 0.548. The topological polar surface area (TPSA) is 35.5 Å². The number of esters is 1. The van der Waals surface area contributed by atoms with Crippen LogP contribution in [0, 0.1) is 0 Å². The fourth-order valence-corrected chi connectivity index (χ4v) is 1.35. The van der Waals surface area contributed by atoms with Crippen LogP contribution in [-0.4, -0.2) is 12.3 Å². The third-order valence-corrected chi connectivity index (χ3v) is 2.10. The molecule has 0 amide bonds. The van der Waals surface area contributed by atoms with Crippen LogP contribution < -0.4 is 4.74 Å². The van der Waals surface area contributed by atoms with E-state index in [2.05, 4.69) is 6.92 Å². The molecular formula is C13H18O3. The number of unbranched alkanes of at least 4 members (excludes halogenated alkanes) is 1. The lowest BCUT2D eigenvalue weighted by atomic mass is 10.2. The van der Waals surface area contributed by atoms with Crippen molar-refractivity contribution in [1.29, 1.82) is 0 Å². The van der Waals surface area contributed by atoms with E-state index in [9.17, 15) is 4.79 Å². The van der Waals surface area contributed by atoms with Crippen molar-refractivity contribution in [3.63, 3.8) is 0 Å². The zero-order valence-corrected chi connectivity index (χ0v) is 9.81. The van der Waals surface area contributed by atoms with Crippen molar-refractivity contribution in [2.75, 3.05) is 0 Å². The Hall–Kier alpha value is -1.51. The number of hydrogen-bond donors (Lipinski definition) is 0. The van der Waals surface area contributed by atoms with E-state index in [0.29, 0.717) is 0 Å². The van der Waals surface area contributed by atoms with Crippen LogP contribution in [0.25, 0.3) is 0 Å². The molecule has 1 atom stereocenters. The van der Waals surface area contributed by atoms with Gasteiger partial charge in [0.15, 0.2) is 0 Å². The van der Waals surface area contributed by atoms with Crippen LogP contribution in [0.5, 0.6) is 5.75 Å². The molecule has 0 bridgehead atoms. The molecule has 1 rings (SSSR count). The van der Waals surface area contributed by atoms with E-state index < -0.39 is 6.29 Å². The molecule has 0 heterocycles. The third kappa shape index (κ3) is 4.82. The Morgan fingerprint density at radius 1 is 1.31 bits per heavy atom. The second-order valence-electron chi connectivity index (χ2n) is 3.61. The molecule has 0 aliphatic rings. The predicted molar refractivity (Wildman–Crippen MR) is 62.1 cm³/mol. The van der Waals surface area contributed by atoms with Crippen LogP contribution in [0.3, 0.4) is 0 Å². The summed E-state index contributed by atoms with van der Waals surface area (Å²) in [5.74, 6) is 0.418. The molecule has 1 unspecified atom stereocenters. The van der Waals surface area contributed by atoms with Gasteiger partial charge < -0.3 is 9.47 Å². The largest absolute Gasteiger partial charge is 0.455 e.